The van der Waals surface area contributed by atoms with Gasteiger partial charge in [-0.15, -0.1) is 0 Å². The van der Waals surface area contributed by atoms with Crippen molar-refractivity contribution in [3.8, 4) is 17.0 Å². The average Bonchev–Trinajstić information content (AvgIpc) is 3.17. The molecule has 0 spiro atoms. The van der Waals surface area contributed by atoms with Crippen molar-refractivity contribution in [3.63, 3.8) is 0 Å². The Kier molecular flexibility index (Phi) is 6.50. The molecular formula is C28H30N2O3. The van der Waals surface area contributed by atoms with E-state index < -0.39 is 5.97 Å². The van der Waals surface area contributed by atoms with Crippen LogP contribution in [-0.2, 0) is 11.4 Å². The zero-order valence-electron chi connectivity index (χ0n) is 19.6. The van der Waals surface area contributed by atoms with Crippen molar-refractivity contribution >= 4 is 16.9 Å². The summed E-state index contributed by atoms with van der Waals surface area (Å²) >= 11 is 0. The van der Waals surface area contributed by atoms with Crippen LogP contribution in [0.2, 0.25) is 0 Å². The zero-order valence-corrected chi connectivity index (χ0v) is 19.6. The minimum absolute atomic E-state index is 0.0345. The van der Waals surface area contributed by atoms with E-state index >= 15 is 0 Å². The van der Waals surface area contributed by atoms with E-state index in [9.17, 15) is 4.79 Å². The van der Waals surface area contributed by atoms with Gasteiger partial charge in [-0.2, -0.15) is 5.10 Å². The van der Waals surface area contributed by atoms with Crippen LogP contribution in [0.25, 0.3) is 22.2 Å². The van der Waals surface area contributed by atoms with Crippen LogP contribution >= 0.6 is 0 Å². The molecule has 0 aliphatic rings. The summed E-state index contributed by atoms with van der Waals surface area (Å²) in [6.07, 6.45) is 0.119. The van der Waals surface area contributed by atoms with E-state index in [0.717, 1.165) is 44.6 Å². The van der Waals surface area contributed by atoms with E-state index in [-0.39, 0.29) is 18.4 Å². The Morgan fingerprint density at radius 2 is 1.79 bits per heavy atom. The van der Waals surface area contributed by atoms with E-state index in [2.05, 4.69) is 48.9 Å². The Labute approximate surface area is 194 Å². The number of aliphatic carboxylic acids is 1. The second kappa shape index (κ2) is 9.49. The van der Waals surface area contributed by atoms with Crippen LogP contribution in [0.5, 0.6) is 5.75 Å². The van der Waals surface area contributed by atoms with Gasteiger partial charge in [-0.05, 0) is 55.5 Å². The third-order valence-electron chi connectivity index (χ3n) is 5.95. The molecular weight excluding hydrogens is 412 g/mol. The molecule has 1 unspecified atom stereocenters. The van der Waals surface area contributed by atoms with E-state index in [1.54, 1.807) is 0 Å². The predicted octanol–water partition coefficient (Wildman–Crippen LogP) is 6.75. The van der Waals surface area contributed by atoms with Gasteiger partial charge >= 0.3 is 5.97 Å². The number of hydrogen-bond acceptors (Lipinski definition) is 3. The fourth-order valence-corrected chi connectivity index (χ4v) is 4.16. The molecule has 3 aromatic carbocycles. The molecule has 5 heteroatoms. The van der Waals surface area contributed by atoms with Gasteiger partial charge in [0, 0.05) is 17.0 Å². The highest BCUT2D eigenvalue weighted by Gasteiger charge is 2.15. The Bertz CT molecular complexity index is 1280. The van der Waals surface area contributed by atoms with Crippen molar-refractivity contribution in [2.45, 2.75) is 52.7 Å². The average molecular weight is 443 g/mol. The molecule has 0 radical (unpaired) electrons. The standard InChI is InChI=1S/C28H30N2O3/c1-18(2)30-25-16-21(10-12-24(25)28(29-30)22-8-6-5-7-9-22)17-33-26-13-11-23(14-20(26)4)19(3)15-27(31)32/h5-14,16,18-19H,15,17H2,1-4H3,(H,31,32). The summed E-state index contributed by atoms with van der Waals surface area (Å²) in [6.45, 7) is 8.65. The Hall–Kier alpha value is -3.60. The molecule has 0 aliphatic heterocycles. The number of fused-ring (bicyclic) bond motifs is 1. The van der Waals surface area contributed by atoms with Crippen LogP contribution in [-0.4, -0.2) is 20.9 Å². The van der Waals surface area contributed by atoms with Gasteiger partial charge in [0.15, 0.2) is 0 Å². The Morgan fingerprint density at radius 3 is 2.45 bits per heavy atom. The first-order valence-corrected chi connectivity index (χ1v) is 11.3. The van der Waals surface area contributed by atoms with Crippen molar-refractivity contribution in [1.82, 2.24) is 9.78 Å². The fraction of sp³-hybridized carbons (Fsp3) is 0.286. The molecule has 4 rings (SSSR count). The molecule has 0 amide bonds. The number of benzene rings is 3. The third-order valence-corrected chi connectivity index (χ3v) is 5.95. The SMILES string of the molecule is Cc1cc(C(C)CC(=O)O)ccc1OCc1ccc2c(-c3ccccc3)nn(C(C)C)c2c1. The molecule has 0 fully saturated rings. The number of carboxylic acids is 1. The predicted molar refractivity (Wildman–Crippen MR) is 132 cm³/mol. The fourth-order valence-electron chi connectivity index (χ4n) is 4.16. The lowest BCUT2D eigenvalue weighted by Gasteiger charge is -2.14. The van der Waals surface area contributed by atoms with Crippen molar-refractivity contribution in [3.05, 3.63) is 83.4 Å². The van der Waals surface area contributed by atoms with Crippen LogP contribution < -0.4 is 4.74 Å². The number of carbonyl (C=O) groups is 1. The van der Waals surface area contributed by atoms with Crippen LogP contribution in [0.3, 0.4) is 0 Å². The van der Waals surface area contributed by atoms with Crippen molar-refractivity contribution in [2.75, 3.05) is 0 Å². The largest absolute Gasteiger partial charge is 0.489 e. The normalized spacial score (nSPS) is 12.3. The van der Waals surface area contributed by atoms with E-state index in [0.29, 0.717) is 6.61 Å². The summed E-state index contributed by atoms with van der Waals surface area (Å²) in [5.41, 5.74) is 6.29. The van der Waals surface area contributed by atoms with Gasteiger partial charge in [-0.1, -0.05) is 61.5 Å². The molecule has 1 aromatic heterocycles. The molecule has 170 valence electrons. The highest BCUT2D eigenvalue weighted by molar-refractivity contribution is 5.93. The van der Waals surface area contributed by atoms with Crippen LogP contribution in [0, 0.1) is 6.92 Å². The van der Waals surface area contributed by atoms with E-state index in [1.165, 1.54) is 0 Å². The molecule has 0 aliphatic carbocycles. The molecule has 5 nitrogen and oxygen atoms in total. The minimum Gasteiger partial charge on any atom is -0.489 e. The number of aromatic nitrogens is 2. The number of carboxylic acid groups (broad SMARTS) is 1. The summed E-state index contributed by atoms with van der Waals surface area (Å²) in [6, 6.07) is 22.8. The Balaban J connectivity index is 1.57. The van der Waals surface area contributed by atoms with Gasteiger partial charge in [0.2, 0.25) is 0 Å². The smallest absolute Gasteiger partial charge is 0.303 e. The molecule has 4 aromatic rings. The Morgan fingerprint density at radius 1 is 1.03 bits per heavy atom. The topological polar surface area (TPSA) is 64.3 Å². The maximum atomic E-state index is 11.0. The third kappa shape index (κ3) is 4.92. The highest BCUT2D eigenvalue weighted by atomic mass is 16.5. The number of ether oxygens (including phenoxy) is 1. The van der Waals surface area contributed by atoms with E-state index in [4.69, 9.17) is 14.9 Å². The van der Waals surface area contributed by atoms with Crippen LogP contribution in [0.4, 0.5) is 0 Å². The molecule has 1 N–H and O–H groups in total. The van der Waals surface area contributed by atoms with Gasteiger partial charge in [0.1, 0.15) is 18.1 Å². The lowest BCUT2D eigenvalue weighted by atomic mass is 9.96. The number of nitrogens with zero attached hydrogens (tertiary/aromatic N) is 2. The first-order chi connectivity index (χ1) is 15.8. The van der Waals surface area contributed by atoms with Gasteiger partial charge in [0.25, 0.3) is 0 Å². The molecule has 33 heavy (non-hydrogen) atoms. The van der Waals surface area contributed by atoms with Crippen molar-refractivity contribution in [2.24, 2.45) is 0 Å². The zero-order chi connectivity index (χ0) is 23.5. The maximum absolute atomic E-state index is 11.0. The molecule has 1 atom stereocenters. The summed E-state index contributed by atoms with van der Waals surface area (Å²) in [4.78, 5) is 11.0. The first kappa shape index (κ1) is 22.6. The maximum Gasteiger partial charge on any atom is 0.303 e. The van der Waals surface area contributed by atoms with Gasteiger partial charge in [-0.3, -0.25) is 9.48 Å². The summed E-state index contributed by atoms with van der Waals surface area (Å²) in [7, 11) is 0. The lowest BCUT2D eigenvalue weighted by Crippen LogP contribution is -2.04. The monoisotopic (exact) mass is 442 g/mol. The molecule has 0 bridgehead atoms. The lowest BCUT2D eigenvalue weighted by molar-refractivity contribution is -0.137. The molecule has 1 heterocycles. The van der Waals surface area contributed by atoms with E-state index in [1.807, 2.05) is 50.2 Å². The van der Waals surface area contributed by atoms with Gasteiger partial charge in [-0.25, -0.2) is 0 Å². The van der Waals surface area contributed by atoms with Gasteiger partial charge < -0.3 is 9.84 Å². The van der Waals surface area contributed by atoms with Crippen LogP contribution in [0.15, 0.2) is 66.7 Å². The molecule has 0 saturated carbocycles. The van der Waals surface area contributed by atoms with Gasteiger partial charge in [0.05, 0.1) is 11.9 Å². The summed E-state index contributed by atoms with van der Waals surface area (Å²) in [5, 5.41) is 15.1. The van der Waals surface area contributed by atoms with Crippen molar-refractivity contribution < 1.29 is 14.6 Å². The first-order valence-electron chi connectivity index (χ1n) is 11.3. The number of hydrogen-bond donors (Lipinski definition) is 1. The summed E-state index contributed by atoms with van der Waals surface area (Å²) in [5.74, 6) is -0.0107. The van der Waals surface area contributed by atoms with Crippen molar-refractivity contribution in [1.29, 1.82) is 0 Å². The quantitative estimate of drug-likeness (QED) is 0.328. The minimum atomic E-state index is -0.785. The second-order valence-electron chi connectivity index (χ2n) is 8.92. The van der Waals surface area contributed by atoms with Crippen LogP contribution in [0.1, 0.15) is 55.8 Å². The number of aryl methyl sites for hydroxylation is 1. The summed E-state index contributed by atoms with van der Waals surface area (Å²) < 4.78 is 8.21. The highest BCUT2D eigenvalue weighted by Crippen LogP contribution is 2.31. The number of rotatable bonds is 8. The molecule has 0 saturated heterocycles. The second-order valence-corrected chi connectivity index (χ2v) is 8.92.